The summed E-state index contributed by atoms with van der Waals surface area (Å²) in [5.41, 5.74) is 0. The fourth-order valence-electron chi connectivity index (χ4n) is 3.43. The number of unbranched alkanes of at least 4 members (excludes halogenated alkanes) is 1. The van der Waals surface area contributed by atoms with Crippen LogP contribution in [0.5, 0.6) is 0 Å². The number of hydrogen-bond donors (Lipinski definition) is 1. The first kappa shape index (κ1) is 13.1. The highest BCUT2D eigenvalue weighted by Gasteiger charge is 2.32. The molecule has 2 aliphatic heterocycles. The van der Waals surface area contributed by atoms with Gasteiger partial charge in [0.2, 0.25) is 0 Å². The van der Waals surface area contributed by atoms with Gasteiger partial charge in [-0.05, 0) is 71.0 Å². The van der Waals surface area contributed by atoms with Gasteiger partial charge in [-0.2, -0.15) is 0 Å². The minimum absolute atomic E-state index is 0.852. The molecule has 2 heterocycles. The van der Waals surface area contributed by atoms with Crippen LogP contribution in [0.25, 0.3) is 0 Å². The van der Waals surface area contributed by atoms with E-state index in [0.717, 1.165) is 24.4 Å². The Morgan fingerprint density at radius 3 is 2.59 bits per heavy atom. The Kier molecular flexibility index (Phi) is 5.05. The van der Waals surface area contributed by atoms with Gasteiger partial charge in [0.05, 0.1) is 0 Å². The summed E-state index contributed by atoms with van der Waals surface area (Å²) in [6.45, 7) is 6.28. The van der Waals surface area contributed by atoms with Gasteiger partial charge in [0.1, 0.15) is 0 Å². The third-order valence-electron chi connectivity index (χ3n) is 4.44. The molecule has 98 valence electrons. The number of nitrogens with one attached hydrogen (secondary N) is 1. The fraction of sp³-hybridized carbons (Fsp3) is 0.867. The van der Waals surface area contributed by atoms with E-state index in [4.69, 9.17) is 0 Å². The average Bonchev–Trinajstić information content (AvgIpc) is 2.66. The Morgan fingerprint density at radius 1 is 1.24 bits per heavy atom. The smallest absolute Gasteiger partial charge is 0.00728 e. The van der Waals surface area contributed by atoms with Crippen molar-refractivity contribution in [3.8, 4) is 0 Å². The van der Waals surface area contributed by atoms with Crippen LogP contribution in [-0.4, -0.2) is 37.1 Å². The van der Waals surface area contributed by atoms with Crippen LogP contribution < -0.4 is 5.32 Å². The van der Waals surface area contributed by atoms with Gasteiger partial charge in [0, 0.05) is 12.1 Å². The predicted octanol–water partition coefficient (Wildman–Crippen LogP) is 2.81. The molecule has 2 atom stereocenters. The Hall–Kier alpha value is -0.340. The third-order valence-corrected chi connectivity index (χ3v) is 4.44. The summed E-state index contributed by atoms with van der Waals surface area (Å²) < 4.78 is 0. The summed E-state index contributed by atoms with van der Waals surface area (Å²) >= 11 is 0. The van der Waals surface area contributed by atoms with Crippen LogP contribution in [0.4, 0.5) is 0 Å². The van der Waals surface area contributed by atoms with Crippen LogP contribution in [0.15, 0.2) is 12.7 Å². The normalized spacial score (nSPS) is 32.0. The number of rotatable bonds is 7. The van der Waals surface area contributed by atoms with Crippen molar-refractivity contribution in [3.05, 3.63) is 12.7 Å². The third kappa shape index (κ3) is 4.11. The lowest BCUT2D eigenvalue weighted by atomic mass is 9.89. The molecule has 1 N–H and O–H groups in total. The molecule has 0 aromatic heterocycles. The van der Waals surface area contributed by atoms with E-state index in [-0.39, 0.29) is 0 Å². The van der Waals surface area contributed by atoms with Crippen molar-refractivity contribution in [3.63, 3.8) is 0 Å². The largest absolute Gasteiger partial charge is 0.311 e. The highest BCUT2D eigenvalue weighted by Crippen LogP contribution is 2.32. The van der Waals surface area contributed by atoms with Crippen LogP contribution >= 0.6 is 0 Å². The second kappa shape index (κ2) is 6.55. The summed E-state index contributed by atoms with van der Waals surface area (Å²) in [5, 5.41) is 3.73. The Morgan fingerprint density at radius 2 is 1.94 bits per heavy atom. The van der Waals surface area contributed by atoms with Crippen molar-refractivity contribution in [1.29, 1.82) is 0 Å². The van der Waals surface area contributed by atoms with Gasteiger partial charge >= 0.3 is 0 Å². The molecule has 2 rings (SSSR count). The first-order valence-corrected chi connectivity index (χ1v) is 7.33. The predicted molar refractivity (Wildman–Crippen MR) is 74.2 cm³/mol. The van der Waals surface area contributed by atoms with Crippen molar-refractivity contribution in [2.75, 3.05) is 20.1 Å². The van der Waals surface area contributed by atoms with E-state index in [2.05, 4.69) is 23.8 Å². The van der Waals surface area contributed by atoms with Gasteiger partial charge in [-0.25, -0.2) is 0 Å². The molecule has 17 heavy (non-hydrogen) atoms. The number of fused-ring (bicyclic) bond motifs is 2. The SMILES string of the molecule is C=CCCCN(C)CCC1CC2CCC(C1)N2. The average molecular weight is 236 g/mol. The molecular weight excluding hydrogens is 208 g/mol. The van der Waals surface area contributed by atoms with Gasteiger partial charge < -0.3 is 10.2 Å². The Bertz CT molecular complexity index is 227. The maximum absolute atomic E-state index is 3.78. The minimum Gasteiger partial charge on any atom is -0.311 e. The topological polar surface area (TPSA) is 15.3 Å². The first-order chi connectivity index (χ1) is 8.28. The zero-order chi connectivity index (χ0) is 12.1. The van der Waals surface area contributed by atoms with Crippen molar-refractivity contribution >= 4 is 0 Å². The van der Waals surface area contributed by atoms with Crippen molar-refractivity contribution < 1.29 is 0 Å². The molecule has 2 bridgehead atoms. The standard InChI is InChI=1S/C15H28N2/c1-3-4-5-9-17(2)10-8-13-11-14-6-7-15(12-13)16-14/h3,13-16H,1,4-12H2,2H3. The zero-order valence-electron chi connectivity index (χ0n) is 11.3. The van der Waals surface area contributed by atoms with E-state index < -0.39 is 0 Å². The molecule has 2 nitrogen and oxygen atoms in total. The summed E-state index contributed by atoms with van der Waals surface area (Å²) in [7, 11) is 2.26. The van der Waals surface area contributed by atoms with Crippen LogP contribution in [0.1, 0.15) is 44.9 Å². The highest BCUT2D eigenvalue weighted by molar-refractivity contribution is 4.92. The van der Waals surface area contributed by atoms with Crippen LogP contribution in [0, 0.1) is 5.92 Å². The molecule has 2 fully saturated rings. The fourth-order valence-corrected chi connectivity index (χ4v) is 3.43. The number of nitrogens with zero attached hydrogens (tertiary/aromatic N) is 1. The van der Waals surface area contributed by atoms with Crippen LogP contribution in [0.2, 0.25) is 0 Å². The second-order valence-electron chi connectivity index (χ2n) is 6.00. The summed E-state index contributed by atoms with van der Waals surface area (Å²) in [6.07, 6.45) is 11.6. The van der Waals surface area contributed by atoms with Gasteiger partial charge in [0.25, 0.3) is 0 Å². The molecule has 0 aliphatic carbocycles. The van der Waals surface area contributed by atoms with Crippen LogP contribution in [0.3, 0.4) is 0 Å². The van der Waals surface area contributed by atoms with E-state index in [0.29, 0.717) is 0 Å². The first-order valence-electron chi connectivity index (χ1n) is 7.33. The van der Waals surface area contributed by atoms with Gasteiger partial charge in [-0.15, -0.1) is 6.58 Å². The molecule has 2 aliphatic rings. The monoisotopic (exact) mass is 236 g/mol. The van der Waals surface area contributed by atoms with Crippen molar-refractivity contribution in [2.24, 2.45) is 5.92 Å². The molecule has 2 saturated heterocycles. The molecule has 0 saturated carbocycles. The lowest BCUT2D eigenvalue weighted by Gasteiger charge is -2.30. The van der Waals surface area contributed by atoms with E-state index >= 15 is 0 Å². The molecule has 2 unspecified atom stereocenters. The summed E-state index contributed by atoms with van der Waals surface area (Å²) in [6, 6.07) is 1.70. The molecule has 0 aromatic rings. The number of hydrogen-bond acceptors (Lipinski definition) is 2. The highest BCUT2D eigenvalue weighted by atomic mass is 15.1. The number of allylic oxidation sites excluding steroid dienone is 1. The zero-order valence-corrected chi connectivity index (χ0v) is 11.3. The molecular formula is C15H28N2. The van der Waals surface area contributed by atoms with Crippen LogP contribution in [-0.2, 0) is 0 Å². The lowest BCUT2D eigenvalue weighted by Crippen LogP contribution is -2.39. The Balaban J connectivity index is 1.59. The molecule has 0 amide bonds. The van der Waals surface area contributed by atoms with Gasteiger partial charge in [-0.3, -0.25) is 0 Å². The maximum Gasteiger partial charge on any atom is 0.00728 e. The molecule has 0 spiro atoms. The van der Waals surface area contributed by atoms with Crippen molar-refractivity contribution in [2.45, 2.75) is 57.0 Å². The van der Waals surface area contributed by atoms with E-state index in [9.17, 15) is 0 Å². The quantitative estimate of drug-likeness (QED) is 0.540. The van der Waals surface area contributed by atoms with E-state index in [1.165, 1.54) is 51.6 Å². The van der Waals surface area contributed by atoms with Crippen molar-refractivity contribution in [1.82, 2.24) is 10.2 Å². The summed E-state index contributed by atoms with van der Waals surface area (Å²) in [4.78, 5) is 2.49. The lowest BCUT2D eigenvalue weighted by molar-refractivity contribution is 0.241. The number of piperidine rings is 1. The Labute approximate surface area is 106 Å². The van der Waals surface area contributed by atoms with Gasteiger partial charge in [0.15, 0.2) is 0 Å². The van der Waals surface area contributed by atoms with E-state index in [1.807, 2.05) is 6.08 Å². The second-order valence-corrected chi connectivity index (χ2v) is 6.00. The summed E-state index contributed by atoms with van der Waals surface area (Å²) in [5.74, 6) is 0.982. The minimum atomic E-state index is 0.852. The van der Waals surface area contributed by atoms with E-state index in [1.54, 1.807) is 0 Å². The molecule has 0 aromatic carbocycles. The molecule has 2 heteroatoms. The van der Waals surface area contributed by atoms with Gasteiger partial charge in [-0.1, -0.05) is 6.08 Å². The molecule has 0 radical (unpaired) electrons. The maximum atomic E-state index is 3.78.